The quantitative estimate of drug-likeness (QED) is 0.604. The van der Waals surface area contributed by atoms with E-state index >= 15 is 0 Å². The molecule has 2 heterocycles. The van der Waals surface area contributed by atoms with Crippen LogP contribution in [0.4, 0.5) is 5.82 Å². The predicted octanol–water partition coefficient (Wildman–Crippen LogP) is 1.28. The molecule has 2 aromatic rings. The van der Waals surface area contributed by atoms with Gasteiger partial charge in [0.1, 0.15) is 5.82 Å². The summed E-state index contributed by atoms with van der Waals surface area (Å²) in [4.78, 5) is 17.9. The van der Waals surface area contributed by atoms with E-state index in [1.54, 1.807) is 23.6 Å². The Bertz CT molecular complexity index is 503. The van der Waals surface area contributed by atoms with Crippen molar-refractivity contribution in [2.45, 2.75) is 0 Å². The summed E-state index contributed by atoms with van der Waals surface area (Å²) in [5, 5.41) is 5.93. The van der Waals surface area contributed by atoms with Crippen LogP contribution in [0, 0.1) is 0 Å². The third-order valence-electron chi connectivity index (χ3n) is 1.59. The van der Waals surface area contributed by atoms with Crippen LogP contribution in [0.5, 0.6) is 0 Å². The van der Waals surface area contributed by atoms with Crippen LogP contribution in [0.3, 0.4) is 0 Å². The van der Waals surface area contributed by atoms with Gasteiger partial charge in [-0.3, -0.25) is 10.4 Å². The molecule has 0 saturated carbocycles. The maximum Gasteiger partial charge on any atom is 0.346 e. The van der Waals surface area contributed by atoms with Gasteiger partial charge in [0.25, 0.3) is 0 Å². The van der Waals surface area contributed by atoms with Crippen molar-refractivity contribution in [3.05, 3.63) is 45.1 Å². The molecule has 76 valence electrons. The zero-order valence-electron chi connectivity index (χ0n) is 7.68. The minimum Gasteiger partial charge on any atom is -0.291 e. The summed E-state index contributed by atoms with van der Waals surface area (Å²) < 4.78 is 0. The zero-order valence-corrected chi connectivity index (χ0v) is 8.49. The summed E-state index contributed by atoms with van der Waals surface area (Å²) in [7, 11) is 0. The average molecular weight is 220 g/mol. The number of hydrogen-bond donors (Lipinski definition) is 2. The molecule has 6 heteroatoms. The first-order valence-electron chi connectivity index (χ1n) is 4.22. The van der Waals surface area contributed by atoms with E-state index < -0.39 is 5.69 Å². The minimum atomic E-state index is -0.397. The van der Waals surface area contributed by atoms with Gasteiger partial charge in [-0.2, -0.15) is 5.10 Å². The van der Waals surface area contributed by atoms with Gasteiger partial charge in [-0.1, -0.05) is 6.07 Å². The van der Waals surface area contributed by atoms with Gasteiger partial charge in [0.15, 0.2) is 0 Å². The molecule has 5 nitrogen and oxygen atoms in total. The SMILES string of the molecule is O=c1nccc(NN=Cc2cccs2)[nH]1. The first kappa shape index (κ1) is 9.60. The van der Waals surface area contributed by atoms with Gasteiger partial charge in [-0.15, -0.1) is 11.3 Å². The highest BCUT2D eigenvalue weighted by atomic mass is 32.1. The second-order valence-corrected chi connectivity index (χ2v) is 3.65. The lowest BCUT2D eigenvalue weighted by molar-refractivity contribution is 1.06. The Kier molecular flexibility index (Phi) is 2.89. The van der Waals surface area contributed by atoms with Crippen LogP contribution in [0.1, 0.15) is 4.88 Å². The lowest BCUT2D eigenvalue weighted by atomic mass is 10.5. The van der Waals surface area contributed by atoms with Crippen molar-refractivity contribution >= 4 is 23.4 Å². The molecule has 0 aromatic carbocycles. The van der Waals surface area contributed by atoms with Crippen LogP contribution in [-0.4, -0.2) is 16.2 Å². The van der Waals surface area contributed by atoms with Crippen LogP contribution in [0.2, 0.25) is 0 Å². The summed E-state index contributed by atoms with van der Waals surface area (Å²) in [5.41, 5.74) is 2.31. The van der Waals surface area contributed by atoms with Crippen molar-refractivity contribution in [2.24, 2.45) is 5.10 Å². The summed E-state index contributed by atoms with van der Waals surface area (Å²) in [6.07, 6.45) is 3.10. The van der Waals surface area contributed by atoms with Crippen molar-refractivity contribution < 1.29 is 0 Å². The molecule has 2 rings (SSSR count). The number of thiophene rings is 1. The summed E-state index contributed by atoms with van der Waals surface area (Å²) >= 11 is 1.59. The maximum absolute atomic E-state index is 10.8. The third kappa shape index (κ3) is 2.75. The van der Waals surface area contributed by atoms with Gasteiger partial charge in [-0.05, 0) is 17.5 Å². The summed E-state index contributed by atoms with van der Waals surface area (Å²) in [6.45, 7) is 0. The molecule has 0 spiro atoms. The first-order chi connectivity index (χ1) is 7.34. The summed E-state index contributed by atoms with van der Waals surface area (Å²) in [5.74, 6) is 0.516. The van der Waals surface area contributed by atoms with Crippen molar-refractivity contribution in [1.82, 2.24) is 9.97 Å². The normalized spacial score (nSPS) is 10.7. The molecule has 0 bridgehead atoms. The molecule has 0 aliphatic carbocycles. The van der Waals surface area contributed by atoms with E-state index in [4.69, 9.17) is 0 Å². The number of hydrogen-bond acceptors (Lipinski definition) is 5. The zero-order chi connectivity index (χ0) is 10.5. The molecule has 2 N–H and O–H groups in total. The van der Waals surface area contributed by atoms with E-state index in [2.05, 4.69) is 20.5 Å². The van der Waals surface area contributed by atoms with E-state index in [9.17, 15) is 4.79 Å². The number of hydrazone groups is 1. The van der Waals surface area contributed by atoms with Crippen molar-refractivity contribution in [3.8, 4) is 0 Å². The molecular formula is C9H8N4OS. The molecule has 0 radical (unpaired) electrons. The Hall–Kier alpha value is -1.95. The molecule has 0 aliphatic rings. The van der Waals surface area contributed by atoms with Gasteiger partial charge in [0, 0.05) is 11.1 Å². The summed E-state index contributed by atoms with van der Waals surface area (Å²) in [6, 6.07) is 5.53. The molecule has 0 fully saturated rings. The van der Waals surface area contributed by atoms with E-state index in [0.717, 1.165) is 4.88 Å². The fraction of sp³-hybridized carbons (Fsp3) is 0. The standard InChI is InChI=1S/C9H8N4OS/c14-9-10-4-3-8(12-9)13-11-6-7-2-1-5-15-7/h1-6H,(H2,10,12,13,14). The highest BCUT2D eigenvalue weighted by Crippen LogP contribution is 2.04. The smallest absolute Gasteiger partial charge is 0.291 e. The van der Waals surface area contributed by atoms with Gasteiger partial charge in [0.2, 0.25) is 0 Å². The van der Waals surface area contributed by atoms with Gasteiger partial charge >= 0.3 is 5.69 Å². The molecule has 0 saturated heterocycles. The number of nitrogens with one attached hydrogen (secondary N) is 2. The van der Waals surface area contributed by atoms with Gasteiger partial charge in [-0.25, -0.2) is 9.78 Å². The molecule has 0 amide bonds. The number of anilines is 1. The monoisotopic (exact) mass is 220 g/mol. The topological polar surface area (TPSA) is 70.1 Å². The minimum absolute atomic E-state index is 0.397. The number of aromatic nitrogens is 2. The number of H-pyrrole nitrogens is 1. The van der Waals surface area contributed by atoms with E-state index in [-0.39, 0.29) is 0 Å². The Morgan fingerprint density at radius 3 is 3.20 bits per heavy atom. The van der Waals surface area contributed by atoms with Crippen molar-refractivity contribution in [3.63, 3.8) is 0 Å². The molecule has 0 atom stereocenters. The number of nitrogens with zero attached hydrogens (tertiary/aromatic N) is 2. The molecule has 0 unspecified atom stereocenters. The maximum atomic E-state index is 10.8. The second-order valence-electron chi connectivity index (χ2n) is 2.67. The Balaban J connectivity index is 2.02. The van der Waals surface area contributed by atoms with E-state index in [1.165, 1.54) is 6.20 Å². The largest absolute Gasteiger partial charge is 0.346 e. The number of aromatic amines is 1. The van der Waals surface area contributed by atoms with Crippen molar-refractivity contribution in [1.29, 1.82) is 0 Å². The van der Waals surface area contributed by atoms with Crippen LogP contribution in [0.15, 0.2) is 39.7 Å². The van der Waals surface area contributed by atoms with Gasteiger partial charge < -0.3 is 0 Å². The Morgan fingerprint density at radius 1 is 1.53 bits per heavy atom. The average Bonchev–Trinajstić information content (AvgIpc) is 2.71. The van der Waals surface area contributed by atoms with E-state index in [1.807, 2.05) is 17.5 Å². The molecular weight excluding hydrogens is 212 g/mol. The lowest BCUT2D eigenvalue weighted by Gasteiger charge is -1.96. The van der Waals surface area contributed by atoms with Crippen LogP contribution >= 0.6 is 11.3 Å². The molecule has 15 heavy (non-hydrogen) atoms. The highest BCUT2D eigenvalue weighted by molar-refractivity contribution is 7.11. The van der Waals surface area contributed by atoms with Crippen molar-refractivity contribution in [2.75, 3.05) is 5.43 Å². The van der Waals surface area contributed by atoms with Crippen LogP contribution < -0.4 is 11.1 Å². The second kappa shape index (κ2) is 4.52. The predicted molar refractivity (Wildman–Crippen MR) is 60.4 cm³/mol. The Morgan fingerprint density at radius 2 is 2.47 bits per heavy atom. The lowest BCUT2D eigenvalue weighted by Crippen LogP contribution is -2.10. The van der Waals surface area contributed by atoms with E-state index in [0.29, 0.717) is 5.82 Å². The molecule has 2 aromatic heterocycles. The fourth-order valence-corrected chi connectivity index (χ4v) is 1.55. The molecule has 0 aliphatic heterocycles. The Labute approximate surface area is 89.5 Å². The third-order valence-corrected chi connectivity index (χ3v) is 2.40. The van der Waals surface area contributed by atoms with Crippen LogP contribution in [0.25, 0.3) is 0 Å². The highest BCUT2D eigenvalue weighted by Gasteiger charge is 1.90. The first-order valence-corrected chi connectivity index (χ1v) is 5.10. The number of rotatable bonds is 3. The van der Waals surface area contributed by atoms with Crippen LogP contribution in [-0.2, 0) is 0 Å². The fourth-order valence-electron chi connectivity index (χ4n) is 0.964. The van der Waals surface area contributed by atoms with Gasteiger partial charge in [0.05, 0.1) is 6.21 Å².